The molecule has 0 saturated heterocycles. The predicted molar refractivity (Wildman–Crippen MR) is 105 cm³/mol. The third kappa shape index (κ3) is 4.94. The minimum absolute atomic E-state index is 0. The molecule has 25 heavy (non-hydrogen) atoms. The van der Waals surface area contributed by atoms with E-state index < -0.39 is 0 Å². The number of aryl methyl sites for hydroxylation is 3. The maximum Gasteiger partial charge on any atom is 0.244 e. The van der Waals surface area contributed by atoms with Crippen molar-refractivity contribution in [3.05, 3.63) is 33.5 Å². The first-order valence-corrected chi connectivity index (χ1v) is 8.78. The second-order valence-corrected chi connectivity index (χ2v) is 7.22. The van der Waals surface area contributed by atoms with Gasteiger partial charge in [-0.15, -0.1) is 36.2 Å². The smallest absolute Gasteiger partial charge is 0.244 e. The molecule has 0 aromatic carbocycles. The van der Waals surface area contributed by atoms with E-state index in [1.165, 1.54) is 23.4 Å². The van der Waals surface area contributed by atoms with Crippen LogP contribution in [0.2, 0.25) is 0 Å². The summed E-state index contributed by atoms with van der Waals surface area (Å²) < 4.78 is 1.71. The maximum absolute atomic E-state index is 12.7. The normalized spacial score (nSPS) is 14.0. The molecule has 1 aliphatic carbocycles. The molecule has 140 valence electrons. The van der Waals surface area contributed by atoms with Crippen molar-refractivity contribution in [3.63, 3.8) is 0 Å². The summed E-state index contributed by atoms with van der Waals surface area (Å²) in [6.45, 7) is 0.564. The average Bonchev–Trinajstić information content (AvgIpc) is 3.13. The first-order valence-electron chi connectivity index (χ1n) is 7.96. The summed E-state index contributed by atoms with van der Waals surface area (Å²) in [6, 6.07) is -0.372. The van der Waals surface area contributed by atoms with E-state index in [0.717, 1.165) is 23.4 Å². The van der Waals surface area contributed by atoms with E-state index in [4.69, 9.17) is 4.98 Å². The molecule has 0 fully saturated rings. The topological polar surface area (TPSA) is 63.1 Å². The molecule has 1 N–H and O–H groups in total. The van der Waals surface area contributed by atoms with Crippen molar-refractivity contribution in [2.24, 2.45) is 7.05 Å². The van der Waals surface area contributed by atoms with Gasteiger partial charge in [0.05, 0.1) is 18.4 Å². The molecule has 0 aliphatic heterocycles. The van der Waals surface area contributed by atoms with Gasteiger partial charge in [0.15, 0.2) is 0 Å². The molecule has 6 nitrogen and oxygen atoms in total. The van der Waals surface area contributed by atoms with Crippen LogP contribution in [0.25, 0.3) is 0 Å². The van der Waals surface area contributed by atoms with Crippen molar-refractivity contribution < 1.29 is 4.79 Å². The molecule has 1 amide bonds. The number of carbonyl (C=O) groups is 1. The largest absolute Gasteiger partial charge is 0.337 e. The van der Waals surface area contributed by atoms with Crippen LogP contribution in [0, 0.1) is 0 Å². The Morgan fingerprint density at radius 1 is 1.40 bits per heavy atom. The number of rotatable bonds is 5. The highest BCUT2D eigenvalue weighted by Gasteiger charge is 2.25. The summed E-state index contributed by atoms with van der Waals surface area (Å²) in [6.07, 6.45) is 8.31. The highest BCUT2D eigenvalue weighted by atomic mass is 35.5. The number of aromatic nitrogens is 3. The number of nitrogens with zero attached hydrogens (tertiary/aromatic N) is 4. The molecule has 0 bridgehead atoms. The Labute approximate surface area is 164 Å². The Kier molecular flexibility index (Phi) is 8.34. The second kappa shape index (κ2) is 9.52. The van der Waals surface area contributed by atoms with Crippen LogP contribution in [0.15, 0.2) is 12.4 Å². The van der Waals surface area contributed by atoms with Crippen LogP contribution in [0.4, 0.5) is 0 Å². The predicted octanol–water partition coefficient (Wildman–Crippen LogP) is 2.52. The Balaban J connectivity index is 0.00000156. The van der Waals surface area contributed by atoms with Crippen LogP contribution in [-0.2, 0) is 31.2 Å². The highest BCUT2D eigenvalue weighted by molar-refractivity contribution is 7.11. The van der Waals surface area contributed by atoms with E-state index in [-0.39, 0.29) is 36.8 Å². The first-order chi connectivity index (χ1) is 11.1. The molecule has 2 aromatic heterocycles. The lowest BCUT2D eigenvalue weighted by atomic mass is 10.0. The molecular weight excluding hydrogens is 381 g/mol. The van der Waals surface area contributed by atoms with Crippen LogP contribution in [-0.4, -0.2) is 39.7 Å². The molecule has 0 saturated carbocycles. The molecule has 0 spiro atoms. The number of carbonyl (C=O) groups excluding carboxylic acids is 1. The fourth-order valence-electron chi connectivity index (χ4n) is 3.00. The third-order valence-corrected chi connectivity index (χ3v) is 5.37. The molecule has 2 heterocycles. The minimum Gasteiger partial charge on any atom is -0.337 e. The standard InChI is InChI=1S/C16H23N5OS.2ClH/c1-17-15(11-8-18-21(3)9-11)16(22)20(2)10-14-19-12-6-4-5-7-13(12)23-14;;/h8-9,15,17H,4-7,10H2,1-3H3;2*1H. The van der Waals surface area contributed by atoms with Gasteiger partial charge in [0.1, 0.15) is 11.0 Å². The van der Waals surface area contributed by atoms with Crippen molar-refractivity contribution in [3.8, 4) is 0 Å². The molecule has 1 aliphatic rings. The summed E-state index contributed by atoms with van der Waals surface area (Å²) in [7, 11) is 5.49. The van der Waals surface area contributed by atoms with Gasteiger partial charge < -0.3 is 10.2 Å². The Bertz CT molecular complexity index is 679. The van der Waals surface area contributed by atoms with E-state index in [1.807, 2.05) is 20.3 Å². The Morgan fingerprint density at radius 2 is 2.12 bits per heavy atom. The average molecular weight is 406 g/mol. The molecule has 3 rings (SSSR count). The van der Waals surface area contributed by atoms with Crippen molar-refractivity contribution in [2.45, 2.75) is 38.3 Å². The van der Waals surface area contributed by atoms with E-state index in [2.05, 4.69) is 10.4 Å². The fourth-order valence-corrected chi connectivity index (χ4v) is 4.21. The van der Waals surface area contributed by atoms with Gasteiger partial charge in [0.2, 0.25) is 5.91 Å². The lowest BCUT2D eigenvalue weighted by Crippen LogP contribution is -2.37. The van der Waals surface area contributed by atoms with Crippen molar-refractivity contribution in [1.82, 2.24) is 25.0 Å². The minimum atomic E-state index is -0.372. The van der Waals surface area contributed by atoms with Crippen LogP contribution in [0.5, 0.6) is 0 Å². The molecular formula is C16H25Cl2N5OS. The SMILES string of the molecule is CNC(C(=O)N(C)Cc1nc2c(s1)CCCC2)c1cnn(C)c1.Cl.Cl. The quantitative estimate of drug-likeness (QED) is 0.829. The van der Waals surface area contributed by atoms with E-state index >= 15 is 0 Å². The zero-order valence-corrected chi connectivity index (χ0v) is 17.1. The van der Waals surface area contributed by atoms with Gasteiger partial charge in [-0.2, -0.15) is 5.10 Å². The number of thiazole rings is 1. The van der Waals surface area contributed by atoms with Crippen LogP contribution in [0.3, 0.4) is 0 Å². The number of hydrogen-bond acceptors (Lipinski definition) is 5. The van der Waals surface area contributed by atoms with Gasteiger partial charge in [-0.25, -0.2) is 4.98 Å². The molecule has 9 heteroatoms. The molecule has 0 radical (unpaired) electrons. The van der Waals surface area contributed by atoms with Gasteiger partial charge >= 0.3 is 0 Å². The summed E-state index contributed by atoms with van der Waals surface area (Å²) in [5, 5.41) is 8.27. The molecule has 2 aromatic rings. The Morgan fingerprint density at radius 3 is 2.72 bits per heavy atom. The molecule has 1 atom stereocenters. The fraction of sp³-hybridized carbons (Fsp3) is 0.562. The number of fused-ring (bicyclic) bond motifs is 1. The lowest BCUT2D eigenvalue weighted by molar-refractivity contribution is -0.132. The summed E-state index contributed by atoms with van der Waals surface area (Å²) >= 11 is 1.76. The number of amides is 1. The number of nitrogens with one attached hydrogen (secondary N) is 1. The Hall–Kier alpha value is -1.15. The first kappa shape index (κ1) is 21.9. The second-order valence-electron chi connectivity index (χ2n) is 6.05. The highest BCUT2D eigenvalue weighted by Crippen LogP contribution is 2.27. The molecule has 1 unspecified atom stereocenters. The van der Waals surface area contributed by atoms with Crippen molar-refractivity contribution in [1.29, 1.82) is 0 Å². The summed E-state index contributed by atoms with van der Waals surface area (Å²) in [5.41, 5.74) is 2.12. The van der Waals surface area contributed by atoms with Crippen LogP contribution >= 0.6 is 36.2 Å². The zero-order chi connectivity index (χ0) is 16.4. The van der Waals surface area contributed by atoms with E-state index in [0.29, 0.717) is 6.54 Å². The van der Waals surface area contributed by atoms with Crippen molar-refractivity contribution >= 4 is 42.1 Å². The zero-order valence-electron chi connectivity index (χ0n) is 14.7. The van der Waals surface area contributed by atoms with Gasteiger partial charge in [-0.3, -0.25) is 9.48 Å². The summed E-state index contributed by atoms with van der Waals surface area (Å²) in [5.74, 6) is 0.0358. The number of likely N-dealkylation sites (N-methyl/N-ethyl adjacent to an activating group) is 2. The number of hydrogen-bond donors (Lipinski definition) is 1. The van der Waals surface area contributed by atoms with Gasteiger partial charge in [0.25, 0.3) is 0 Å². The third-order valence-electron chi connectivity index (χ3n) is 4.23. The van der Waals surface area contributed by atoms with E-state index in [1.54, 1.807) is 34.2 Å². The maximum atomic E-state index is 12.7. The van der Waals surface area contributed by atoms with Gasteiger partial charge in [-0.05, 0) is 32.7 Å². The van der Waals surface area contributed by atoms with Crippen LogP contribution < -0.4 is 5.32 Å². The van der Waals surface area contributed by atoms with Crippen molar-refractivity contribution in [2.75, 3.05) is 14.1 Å². The van der Waals surface area contributed by atoms with Crippen LogP contribution in [0.1, 0.15) is 40.0 Å². The van der Waals surface area contributed by atoms with Gasteiger partial charge in [-0.1, -0.05) is 0 Å². The van der Waals surface area contributed by atoms with E-state index in [9.17, 15) is 4.79 Å². The van der Waals surface area contributed by atoms with Gasteiger partial charge in [0, 0.05) is 30.7 Å². The lowest BCUT2D eigenvalue weighted by Gasteiger charge is -2.22. The monoisotopic (exact) mass is 405 g/mol. The number of halogens is 2. The summed E-state index contributed by atoms with van der Waals surface area (Å²) in [4.78, 5) is 20.6.